The van der Waals surface area contributed by atoms with E-state index < -0.39 is 0 Å². The van der Waals surface area contributed by atoms with Crippen LogP contribution in [0.4, 0.5) is 5.13 Å². The molecule has 2 N–H and O–H groups in total. The van der Waals surface area contributed by atoms with Gasteiger partial charge in [-0.2, -0.15) is 4.37 Å². The van der Waals surface area contributed by atoms with Gasteiger partial charge in [-0.05, 0) is 18.1 Å². The van der Waals surface area contributed by atoms with Gasteiger partial charge < -0.3 is 15.2 Å². The first-order valence-electron chi connectivity index (χ1n) is 6.12. The molecule has 0 amide bonds. The molecule has 0 radical (unpaired) electrons. The first-order chi connectivity index (χ1) is 9.29. The summed E-state index contributed by atoms with van der Waals surface area (Å²) in [7, 11) is 1.66. The van der Waals surface area contributed by atoms with Gasteiger partial charge in [-0.25, -0.2) is 4.98 Å². The summed E-state index contributed by atoms with van der Waals surface area (Å²) >= 11 is 1.35. The number of hydrogen-bond donors (Lipinski definition) is 2. The molecule has 0 fully saturated rings. The number of aromatic nitrogens is 2. The lowest BCUT2D eigenvalue weighted by Gasteiger charge is -2.04. The molecule has 0 atom stereocenters. The molecule has 0 saturated heterocycles. The summed E-state index contributed by atoms with van der Waals surface area (Å²) in [6.07, 6.45) is 1.48. The molecule has 1 aromatic heterocycles. The number of hydrogen-bond acceptors (Lipinski definition) is 6. The highest BCUT2D eigenvalue weighted by Crippen LogP contribution is 2.17. The number of nitrogens with one attached hydrogen (secondary N) is 1. The minimum atomic E-state index is 0.336. The monoisotopic (exact) mass is 279 g/mol. The fourth-order valence-corrected chi connectivity index (χ4v) is 2.28. The van der Waals surface area contributed by atoms with Crippen LogP contribution in [0.3, 0.4) is 0 Å². The number of ether oxygens (including phenoxy) is 1. The third-order valence-electron chi connectivity index (χ3n) is 2.66. The number of aromatic hydroxyl groups is 1. The van der Waals surface area contributed by atoms with Crippen LogP contribution in [0.25, 0.3) is 0 Å². The molecule has 1 heterocycles. The molecule has 1 aromatic carbocycles. The van der Waals surface area contributed by atoms with Crippen LogP contribution in [0, 0.1) is 0 Å². The molecule has 0 spiro atoms. The molecule has 0 aliphatic rings. The van der Waals surface area contributed by atoms with Crippen LogP contribution in [-0.4, -0.2) is 34.7 Å². The molecule has 0 aliphatic carbocycles. The lowest BCUT2D eigenvalue weighted by molar-refractivity contribution is 0.201. The molecule has 0 unspecified atom stereocenters. The van der Waals surface area contributed by atoms with Crippen molar-refractivity contribution in [2.75, 3.05) is 25.6 Å². The summed E-state index contributed by atoms with van der Waals surface area (Å²) in [5, 5.41) is 13.7. The molecule has 5 nitrogen and oxygen atoms in total. The average molecular weight is 279 g/mol. The second-order valence-corrected chi connectivity index (χ2v) is 4.82. The van der Waals surface area contributed by atoms with Crippen LogP contribution in [0.5, 0.6) is 5.75 Å². The van der Waals surface area contributed by atoms with Crippen molar-refractivity contribution in [3.05, 3.63) is 35.7 Å². The van der Waals surface area contributed by atoms with Crippen LogP contribution in [-0.2, 0) is 17.6 Å². The summed E-state index contributed by atoms with van der Waals surface area (Å²) < 4.78 is 9.22. The van der Waals surface area contributed by atoms with Gasteiger partial charge in [0.05, 0.1) is 6.61 Å². The highest BCUT2D eigenvalue weighted by atomic mass is 32.1. The first kappa shape index (κ1) is 13.8. The number of phenolic OH excluding ortho intramolecular Hbond substituents is 1. The van der Waals surface area contributed by atoms with Crippen molar-refractivity contribution in [1.82, 2.24) is 9.36 Å². The van der Waals surface area contributed by atoms with Crippen molar-refractivity contribution < 1.29 is 9.84 Å². The Morgan fingerprint density at radius 3 is 2.95 bits per heavy atom. The quantitative estimate of drug-likeness (QED) is 0.812. The second-order valence-electron chi connectivity index (χ2n) is 4.06. The van der Waals surface area contributed by atoms with Gasteiger partial charge in [0.2, 0.25) is 5.13 Å². The van der Waals surface area contributed by atoms with Crippen molar-refractivity contribution in [3.63, 3.8) is 0 Å². The van der Waals surface area contributed by atoms with Gasteiger partial charge in [-0.15, -0.1) is 0 Å². The summed E-state index contributed by atoms with van der Waals surface area (Å²) in [5.74, 6) is 1.14. The third-order valence-corrected chi connectivity index (χ3v) is 3.37. The van der Waals surface area contributed by atoms with Crippen LogP contribution in [0.15, 0.2) is 24.3 Å². The molecule has 0 saturated carbocycles. The summed E-state index contributed by atoms with van der Waals surface area (Å²) in [6, 6.07) is 7.35. The van der Waals surface area contributed by atoms with E-state index in [1.807, 2.05) is 18.2 Å². The third kappa shape index (κ3) is 4.18. The van der Waals surface area contributed by atoms with Gasteiger partial charge in [0, 0.05) is 31.6 Å². The normalized spacial score (nSPS) is 10.6. The van der Waals surface area contributed by atoms with Crippen LogP contribution < -0.4 is 5.32 Å². The van der Waals surface area contributed by atoms with Crippen molar-refractivity contribution in [3.8, 4) is 5.75 Å². The summed E-state index contributed by atoms with van der Waals surface area (Å²) in [4.78, 5) is 4.36. The molecule has 2 aromatic rings. The van der Waals surface area contributed by atoms with E-state index in [1.165, 1.54) is 11.5 Å². The maximum atomic E-state index is 9.64. The molecule has 2 rings (SSSR count). The number of benzene rings is 1. The van der Waals surface area contributed by atoms with Gasteiger partial charge in [-0.3, -0.25) is 0 Å². The summed E-state index contributed by atoms with van der Waals surface area (Å²) in [6.45, 7) is 1.35. The highest BCUT2D eigenvalue weighted by molar-refractivity contribution is 7.09. The highest BCUT2D eigenvalue weighted by Gasteiger charge is 2.04. The molecule has 0 aliphatic heterocycles. The van der Waals surface area contributed by atoms with E-state index in [0.29, 0.717) is 12.4 Å². The van der Waals surface area contributed by atoms with Crippen LogP contribution in [0.1, 0.15) is 11.4 Å². The van der Waals surface area contributed by atoms with E-state index in [0.717, 1.165) is 35.9 Å². The zero-order valence-electron chi connectivity index (χ0n) is 10.8. The minimum absolute atomic E-state index is 0.336. The van der Waals surface area contributed by atoms with Gasteiger partial charge in [-0.1, -0.05) is 18.2 Å². The fraction of sp³-hybridized carbons (Fsp3) is 0.385. The van der Waals surface area contributed by atoms with E-state index in [2.05, 4.69) is 14.7 Å². The number of anilines is 1. The summed E-state index contributed by atoms with van der Waals surface area (Å²) in [5.41, 5.74) is 0.930. The SMILES string of the molecule is COCCc1nsc(NCCc2ccccc2O)n1. The molecule has 6 heteroatoms. The Balaban J connectivity index is 1.79. The second kappa shape index (κ2) is 7.06. The number of rotatable bonds is 7. The number of para-hydroxylation sites is 1. The molecule has 19 heavy (non-hydrogen) atoms. The van der Waals surface area contributed by atoms with Crippen molar-refractivity contribution in [2.24, 2.45) is 0 Å². The van der Waals surface area contributed by atoms with Crippen molar-refractivity contribution >= 4 is 16.7 Å². The Hall–Kier alpha value is -1.66. The van der Waals surface area contributed by atoms with Crippen molar-refractivity contribution in [1.29, 1.82) is 0 Å². The Kier molecular flexibility index (Phi) is 5.11. The lowest BCUT2D eigenvalue weighted by Crippen LogP contribution is -2.05. The minimum Gasteiger partial charge on any atom is -0.508 e. The molecule has 102 valence electrons. The number of nitrogens with zero attached hydrogens (tertiary/aromatic N) is 2. The maximum absolute atomic E-state index is 9.64. The smallest absolute Gasteiger partial charge is 0.202 e. The topological polar surface area (TPSA) is 67.3 Å². The Morgan fingerprint density at radius 1 is 1.32 bits per heavy atom. The average Bonchev–Trinajstić information content (AvgIpc) is 2.86. The van der Waals surface area contributed by atoms with E-state index >= 15 is 0 Å². The number of phenols is 1. The van der Waals surface area contributed by atoms with Gasteiger partial charge in [0.15, 0.2) is 0 Å². The predicted molar refractivity (Wildman–Crippen MR) is 75.8 cm³/mol. The molecule has 0 bridgehead atoms. The van der Waals surface area contributed by atoms with Crippen LogP contribution >= 0.6 is 11.5 Å². The maximum Gasteiger partial charge on any atom is 0.202 e. The Labute approximate surface area is 116 Å². The van der Waals surface area contributed by atoms with Crippen LogP contribution in [0.2, 0.25) is 0 Å². The molecular weight excluding hydrogens is 262 g/mol. The van der Waals surface area contributed by atoms with E-state index in [4.69, 9.17) is 4.74 Å². The Bertz CT molecular complexity index is 516. The van der Waals surface area contributed by atoms with Gasteiger partial charge >= 0.3 is 0 Å². The fourth-order valence-electron chi connectivity index (χ4n) is 1.65. The first-order valence-corrected chi connectivity index (χ1v) is 6.89. The zero-order chi connectivity index (χ0) is 13.5. The lowest BCUT2D eigenvalue weighted by atomic mass is 10.1. The van der Waals surface area contributed by atoms with Crippen molar-refractivity contribution in [2.45, 2.75) is 12.8 Å². The van der Waals surface area contributed by atoms with Gasteiger partial charge in [0.1, 0.15) is 11.6 Å². The zero-order valence-corrected chi connectivity index (χ0v) is 11.6. The Morgan fingerprint density at radius 2 is 2.16 bits per heavy atom. The standard InChI is InChI=1S/C13H17N3O2S/c1-18-9-7-12-15-13(19-16-12)14-8-6-10-4-2-3-5-11(10)17/h2-5,17H,6-9H2,1H3,(H,14,15,16). The molecular formula is C13H17N3O2S. The van der Waals surface area contributed by atoms with E-state index in [1.54, 1.807) is 13.2 Å². The van der Waals surface area contributed by atoms with E-state index in [-0.39, 0.29) is 0 Å². The van der Waals surface area contributed by atoms with Gasteiger partial charge in [0.25, 0.3) is 0 Å². The largest absolute Gasteiger partial charge is 0.508 e. The predicted octanol–water partition coefficient (Wildman–Crippen LogP) is 2.09. The van der Waals surface area contributed by atoms with E-state index in [9.17, 15) is 5.11 Å². The number of methoxy groups -OCH3 is 1.